The van der Waals surface area contributed by atoms with Crippen LogP contribution in [0.5, 0.6) is 0 Å². The zero-order chi connectivity index (χ0) is 14.5. The minimum Gasteiger partial charge on any atom is -0.460 e. The Balaban J connectivity index is 2.25. The second-order valence-electron chi connectivity index (χ2n) is 5.93. The summed E-state index contributed by atoms with van der Waals surface area (Å²) in [6.07, 6.45) is 0.153. The maximum absolute atomic E-state index is 11.8. The Bertz CT molecular complexity index is 312. The van der Waals surface area contributed by atoms with Crippen molar-refractivity contribution in [3.05, 3.63) is 0 Å². The molecule has 1 saturated heterocycles. The minimum absolute atomic E-state index is 0.237. The van der Waals surface area contributed by atoms with Crippen LogP contribution in [0, 0.1) is 5.92 Å². The maximum atomic E-state index is 11.8. The Labute approximate surface area is 114 Å². The average molecular weight is 272 g/mol. The Morgan fingerprint density at radius 2 is 2.05 bits per heavy atom. The molecule has 0 aromatic rings. The molecule has 1 fully saturated rings. The number of ether oxygens (including phenoxy) is 3. The van der Waals surface area contributed by atoms with Gasteiger partial charge in [0.05, 0.1) is 13.2 Å². The Kier molecular flexibility index (Phi) is 5.94. The lowest BCUT2D eigenvalue weighted by molar-refractivity contribution is -0.157. The summed E-state index contributed by atoms with van der Waals surface area (Å²) in [5, 5.41) is 0. The van der Waals surface area contributed by atoms with Gasteiger partial charge in [0.15, 0.2) is 5.78 Å². The molecule has 0 amide bonds. The molecule has 110 valence electrons. The highest BCUT2D eigenvalue weighted by Crippen LogP contribution is 2.14. The van der Waals surface area contributed by atoms with Crippen molar-refractivity contribution in [2.24, 2.45) is 5.92 Å². The third kappa shape index (κ3) is 6.68. The summed E-state index contributed by atoms with van der Waals surface area (Å²) in [6, 6.07) is 0. The number of ketones is 1. The first-order valence-corrected chi connectivity index (χ1v) is 6.72. The molecule has 0 radical (unpaired) electrons. The Morgan fingerprint density at radius 3 is 2.58 bits per heavy atom. The van der Waals surface area contributed by atoms with Crippen molar-refractivity contribution in [1.29, 1.82) is 0 Å². The van der Waals surface area contributed by atoms with Crippen LogP contribution < -0.4 is 0 Å². The first-order valence-electron chi connectivity index (χ1n) is 6.72. The molecular formula is C14H24O5. The SMILES string of the molecule is CC(OC[C@H]1CCOC1)C(=O)CC(=O)OC(C)(C)C. The van der Waals surface area contributed by atoms with Gasteiger partial charge in [-0.3, -0.25) is 9.59 Å². The number of Topliss-reactive ketones (excluding diaryl/α,β-unsaturated/α-hetero) is 1. The van der Waals surface area contributed by atoms with E-state index >= 15 is 0 Å². The fourth-order valence-corrected chi connectivity index (χ4v) is 1.75. The maximum Gasteiger partial charge on any atom is 0.313 e. The lowest BCUT2D eigenvalue weighted by Crippen LogP contribution is -2.30. The highest BCUT2D eigenvalue weighted by molar-refractivity contribution is 5.97. The summed E-state index contributed by atoms with van der Waals surface area (Å²) in [7, 11) is 0. The van der Waals surface area contributed by atoms with Crippen LogP contribution in [0.25, 0.3) is 0 Å². The number of carbonyl (C=O) groups is 2. The van der Waals surface area contributed by atoms with Crippen LogP contribution >= 0.6 is 0 Å². The summed E-state index contributed by atoms with van der Waals surface area (Å²) in [5.41, 5.74) is -0.567. The van der Waals surface area contributed by atoms with Crippen LogP contribution in [0.3, 0.4) is 0 Å². The molecule has 0 aromatic heterocycles. The highest BCUT2D eigenvalue weighted by Gasteiger charge is 2.24. The fourth-order valence-electron chi connectivity index (χ4n) is 1.75. The highest BCUT2D eigenvalue weighted by atomic mass is 16.6. The summed E-state index contributed by atoms with van der Waals surface area (Å²) in [4.78, 5) is 23.3. The van der Waals surface area contributed by atoms with E-state index in [0.29, 0.717) is 19.1 Å². The topological polar surface area (TPSA) is 61.8 Å². The van der Waals surface area contributed by atoms with Crippen LogP contribution in [-0.4, -0.2) is 43.3 Å². The first kappa shape index (κ1) is 16.1. The molecule has 0 saturated carbocycles. The molecule has 1 aliphatic heterocycles. The standard InChI is InChI=1S/C14H24O5/c1-10(18-9-11-5-6-17-8-11)12(15)7-13(16)19-14(2,3)4/h10-11H,5-9H2,1-4H3/t10?,11-/m0/s1. The molecule has 5 nitrogen and oxygen atoms in total. The molecule has 1 heterocycles. The Hall–Kier alpha value is -0.940. The molecule has 1 aliphatic rings. The molecule has 2 atom stereocenters. The molecule has 19 heavy (non-hydrogen) atoms. The van der Waals surface area contributed by atoms with Gasteiger partial charge < -0.3 is 14.2 Å². The number of esters is 1. The van der Waals surface area contributed by atoms with Crippen molar-refractivity contribution >= 4 is 11.8 Å². The zero-order valence-corrected chi connectivity index (χ0v) is 12.2. The van der Waals surface area contributed by atoms with E-state index in [9.17, 15) is 9.59 Å². The molecular weight excluding hydrogens is 248 g/mol. The van der Waals surface area contributed by atoms with Crippen molar-refractivity contribution < 1.29 is 23.8 Å². The van der Waals surface area contributed by atoms with Gasteiger partial charge in [-0.2, -0.15) is 0 Å². The van der Waals surface area contributed by atoms with Crippen LogP contribution in [0.4, 0.5) is 0 Å². The molecule has 1 unspecified atom stereocenters. The lowest BCUT2D eigenvalue weighted by atomic mass is 10.1. The van der Waals surface area contributed by atoms with E-state index in [2.05, 4.69) is 0 Å². The van der Waals surface area contributed by atoms with E-state index in [1.807, 2.05) is 0 Å². The molecule has 5 heteroatoms. The second-order valence-corrected chi connectivity index (χ2v) is 5.93. The van der Waals surface area contributed by atoms with E-state index in [1.165, 1.54) is 0 Å². The number of hydrogen-bond donors (Lipinski definition) is 0. The van der Waals surface area contributed by atoms with Gasteiger partial charge in [0.2, 0.25) is 0 Å². The monoisotopic (exact) mass is 272 g/mol. The van der Waals surface area contributed by atoms with Crippen LogP contribution in [0.15, 0.2) is 0 Å². The molecule has 0 aliphatic carbocycles. The summed E-state index contributed by atoms with van der Waals surface area (Å²) in [6.45, 7) is 8.94. The van der Waals surface area contributed by atoms with E-state index < -0.39 is 17.7 Å². The van der Waals surface area contributed by atoms with Crippen LogP contribution in [0.1, 0.15) is 40.5 Å². The largest absolute Gasteiger partial charge is 0.460 e. The first-order chi connectivity index (χ1) is 8.78. The normalized spacial score (nSPS) is 21.2. The molecule has 0 N–H and O–H groups in total. The predicted molar refractivity (Wildman–Crippen MR) is 69.8 cm³/mol. The lowest BCUT2D eigenvalue weighted by Gasteiger charge is -2.20. The van der Waals surface area contributed by atoms with Gasteiger partial charge in [-0.05, 0) is 34.1 Å². The van der Waals surface area contributed by atoms with E-state index in [0.717, 1.165) is 13.0 Å². The number of hydrogen-bond acceptors (Lipinski definition) is 5. The molecule has 1 rings (SSSR count). The summed E-state index contributed by atoms with van der Waals surface area (Å²) < 4.78 is 15.8. The van der Waals surface area contributed by atoms with Gasteiger partial charge in [-0.25, -0.2) is 0 Å². The molecule has 0 bridgehead atoms. The van der Waals surface area contributed by atoms with E-state index in [1.54, 1.807) is 27.7 Å². The van der Waals surface area contributed by atoms with Gasteiger partial charge in [-0.15, -0.1) is 0 Å². The van der Waals surface area contributed by atoms with E-state index in [-0.39, 0.29) is 12.2 Å². The van der Waals surface area contributed by atoms with Crippen molar-refractivity contribution in [2.45, 2.75) is 52.2 Å². The number of rotatable bonds is 6. The van der Waals surface area contributed by atoms with Crippen molar-refractivity contribution in [2.75, 3.05) is 19.8 Å². The quantitative estimate of drug-likeness (QED) is 0.544. The third-order valence-electron chi connectivity index (χ3n) is 2.80. The van der Waals surface area contributed by atoms with Gasteiger partial charge in [0.25, 0.3) is 0 Å². The predicted octanol–water partition coefficient (Wildman–Crippen LogP) is 1.73. The zero-order valence-electron chi connectivity index (χ0n) is 12.2. The van der Waals surface area contributed by atoms with Crippen molar-refractivity contribution in [3.8, 4) is 0 Å². The molecule has 0 aromatic carbocycles. The summed E-state index contributed by atoms with van der Waals surface area (Å²) >= 11 is 0. The van der Waals surface area contributed by atoms with Gasteiger partial charge in [0.1, 0.15) is 18.1 Å². The Morgan fingerprint density at radius 1 is 1.37 bits per heavy atom. The van der Waals surface area contributed by atoms with Crippen molar-refractivity contribution in [3.63, 3.8) is 0 Å². The third-order valence-corrected chi connectivity index (χ3v) is 2.80. The van der Waals surface area contributed by atoms with Gasteiger partial charge in [0, 0.05) is 12.5 Å². The smallest absolute Gasteiger partial charge is 0.313 e. The van der Waals surface area contributed by atoms with Crippen molar-refractivity contribution in [1.82, 2.24) is 0 Å². The average Bonchev–Trinajstić information content (AvgIpc) is 2.75. The minimum atomic E-state index is -0.576. The van der Waals surface area contributed by atoms with Gasteiger partial charge in [-0.1, -0.05) is 0 Å². The van der Waals surface area contributed by atoms with Gasteiger partial charge >= 0.3 is 5.97 Å². The summed E-state index contributed by atoms with van der Waals surface area (Å²) in [5.74, 6) is -0.387. The molecule has 0 spiro atoms. The second kappa shape index (κ2) is 7.01. The van der Waals surface area contributed by atoms with Crippen LogP contribution in [-0.2, 0) is 23.8 Å². The van der Waals surface area contributed by atoms with Crippen LogP contribution in [0.2, 0.25) is 0 Å². The van der Waals surface area contributed by atoms with E-state index in [4.69, 9.17) is 14.2 Å². The number of carbonyl (C=O) groups excluding carboxylic acids is 2. The fraction of sp³-hybridized carbons (Fsp3) is 0.857.